The van der Waals surface area contributed by atoms with E-state index < -0.39 is 0 Å². The molecule has 0 radical (unpaired) electrons. The summed E-state index contributed by atoms with van der Waals surface area (Å²) in [6.07, 6.45) is 0. The molecule has 0 saturated carbocycles. The van der Waals surface area contributed by atoms with Gasteiger partial charge in [-0.15, -0.1) is 0 Å². The molecule has 0 spiro atoms. The topological polar surface area (TPSA) is 76.1 Å². The first-order valence-corrected chi connectivity index (χ1v) is 9.43. The number of para-hydroxylation sites is 1. The van der Waals surface area contributed by atoms with Gasteiger partial charge in [-0.05, 0) is 24.3 Å². The molecule has 0 aliphatic carbocycles. The summed E-state index contributed by atoms with van der Waals surface area (Å²) in [5.74, 6) is 1.32. The number of hydrogen-bond donors (Lipinski definition) is 2. The van der Waals surface area contributed by atoms with E-state index in [1.54, 1.807) is 25.3 Å². The minimum atomic E-state index is -0.334. The van der Waals surface area contributed by atoms with E-state index in [2.05, 4.69) is 20.6 Å². The van der Waals surface area contributed by atoms with Crippen LogP contribution in [0.3, 0.4) is 0 Å². The minimum absolute atomic E-state index is 0.255. The number of carbonyl (C=O) groups is 1. The van der Waals surface area contributed by atoms with Gasteiger partial charge >= 0.3 is 0 Å². The molecule has 30 heavy (non-hydrogen) atoms. The standard InChI is InChI=1S/C24H20N4O2/c1-30-20-14-8-13-19(15-20)26-24(29)21-16-22(25-18-11-6-3-7-12-18)28-23(27-21)17-9-4-2-5-10-17/h2-16H,1H3,(H,26,29)(H,25,27,28). The molecule has 0 atom stereocenters. The van der Waals surface area contributed by atoms with Crippen molar-refractivity contribution in [1.82, 2.24) is 9.97 Å². The van der Waals surface area contributed by atoms with E-state index in [-0.39, 0.29) is 11.6 Å². The second-order valence-electron chi connectivity index (χ2n) is 6.51. The quantitative estimate of drug-likeness (QED) is 0.471. The van der Waals surface area contributed by atoms with Gasteiger partial charge < -0.3 is 15.4 Å². The zero-order valence-electron chi connectivity index (χ0n) is 16.4. The molecule has 6 nitrogen and oxygen atoms in total. The lowest BCUT2D eigenvalue weighted by molar-refractivity contribution is 0.102. The van der Waals surface area contributed by atoms with Crippen molar-refractivity contribution in [2.24, 2.45) is 0 Å². The number of hydrogen-bond acceptors (Lipinski definition) is 5. The lowest BCUT2D eigenvalue weighted by Gasteiger charge is -2.11. The van der Waals surface area contributed by atoms with Crippen molar-refractivity contribution in [3.63, 3.8) is 0 Å². The monoisotopic (exact) mass is 396 g/mol. The van der Waals surface area contributed by atoms with Crippen molar-refractivity contribution < 1.29 is 9.53 Å². The third-order valence-electron chi connectivity index (χ3n) is 4.36. The van der Waals surface area contributed by atoms with Crippen LogP contribution in [0.25, 0.3) is 11.4 Å². The van der Waals surface area contributed by atoms with E-state index in [0.717, 1.165) is 11.3 Å². The van der Waals surface area contributed by atoms with Gasteiger partial charge in [-0.1, -0.05) is 54.6 Å². The van der Waals surface area contributed by atoms with Crippen molar-refractivity contribution in [2.75, 3.05) is 17.7 Å². The number of ether oxygens (including phenoxy) is 1. The third-order valence-corrected chi connectivity index (χ3v) is 4.36. The molecule has 148 valence electrons. The molecule has 0 fully saturated rings. The van der Waals surface area contributed by atoms with Crippen LogP contribution < -0.4 is 15.4 Å². The van der Waals surface area contributed by atoms with E-state index in [1.807, 2.05) is 72.8 Å². The fourth-order valence-electron chi connectivity index (χ4n) is 2.91. The number of rotatable bonds is 6. The summed E-state index contributed by atoms with van der Waals surface area (Å²) in [5, 5.41) is 6.11. The number of nitrogens with one attached hydrogen (secondary N) is 2. The molecule has 4 rings (SSSR count). The highest BCUT2D eigenvalue weighted by Gasteiger charge is 2.14. The number of anilines is 3. The maximum atomic E-state index is 12.9. The smallest absolute Gasteiger partial charge is 0.274 e. The van der Waals surface area contributed by atoms with Crippen molar-refractivity contribution in [3.8, 4) is 17.1 Å². The Labute approximate surface area is 174 Å². The Morgan fingerprint density at radius 1 is 0.800 bits per heavy atom. The molecule has 3 aromatic carbocycles. The van der Waals surface area contributed by atoms with E-state index in [1.165, 1.54) is 0 Å². The average molecular weight is 396 g/mol. The number of benzene rings is 3. The molecule has 2 N–H and O–H groups in total. The number of methoxy groups -OCH3 is 1. The van der Waals surface area contributed by atoms with Crippen LogP contribution in [0, 0.1) is 0 Å². The van der Waals surface area contributed by atoms with E-state index in [0.29, 0.717) is 23.1 Å². The van der Waals surface area contributed by atoms with Crippen LogP contribution >= 0.6 is 0 Å². The summed E-state index contributed by atoms with van der Waals surface area (Å²) in [5.41, 5.74) is 2.57. The van der Waals surface area contributed by atoms with Gasteiger partial charge in [0.15, 0.2) is 5.82 Å². The van der Waals surface area contributed by atoms with Crippen LogP contribution in [-0.4, -0.2) is 23.0 Å². The van der Waals surface area contributed by atoms with Crippen LogP contribution in [0.5, 0.6) is 5.75 Å². The zero-order chi connectivity index (χ0) is 20.8. The SMILES string of the molecule is COc1cccc(NC(=O)c2cc(Nc3ccccc3)nc(-c3ccccc3)n2)c1. The van der Waals surface area contributed by atoms with Gasteiger partial charge in [-0.25, -0.2) is 9.97 Å². The molecule has 0 aliphatic heterocycles. The number of carbonyl (C=O) groups excluding carboxylic acids is 1. The summed E-state index contributed by atoms with van der Waals surface area (Å²) in [6, 6.07) is 28.0. The van der Waals surface area contributed by atoms with Gasteiger partial charge in [0.05, 0.1) is 7.11 Å². The Kier molecular flexibility index (Phi) is 5.66. The second-order valence-corrected chi connectivity index (χ2v) is 6.51. The molecule has 0 aliphatic rings. The van der Waals surface area contributed by atoms with Crippen LogP contribution in [0.4, 0.5) is 17.2 Å². The molecule has 0 unspecified atom stereocenters. The highest BCUT2D eigenvalue weighted by atomic mass is 16.5. The summed E-state index contributed by atoms with van der Waals surface area (Å²) in [6.45, 7) is 0. The maximum absolute atomic E-state index is 12.9. The fourth-order valence-corrected chi connectivity index (χ4v) is 2.91. The Balaban J connectivity index is 1.68. The largest absolute Gasteiger partial charge is 0.497 e. The molecule has 1 heterocycles. The first kappa shape index (κ1) is 19.1. The molecule has 4 aromatic rings. The second kappa shape index (κ2) is 8.87. The molecule has 1 aromatic heterocycles. The number of aromatic nitrogens is 2. The molecular formula is C24H20N4O2. The van der Waals surface area contributed by atoms with E-state index in [4.69, 9.17) is 4.74 Å². The maximum Gasteiger partial charge on any atom is 0.274 e. The lowest BCUT2D eigenvalue weighted by atomic mass is 10.2. The molecule has 0 bridgehead atoms. The summed E-state index contributed by atoms with van der Waals surface area (Å²) in [7, 11) is 1.58. The normalized spacial score (nSPS) is 10.3. The highest BCUT2D eigenvalue weighted by Crippen LogP contribution is 2.22. The predicted octanol–water partition coefficient (Wildman–Crippen LogP) is 5.15. The van der Waals surface area contributed by atoms with Gasteiger partial charge in [0.25, 0.3) is 5.91 Å². The average Bonchev–Trinajstić information content (AvgIpc) is 2.80. The van der Waals surface area contributed by atoms with E-state index in [9.17, 15) is 4.79 Å². The van der Waals surface area contributed by atoms with Crippen molar-refractivity contribution in [1.29, 1.82) is 0 Å². The van der Waals surface area contributed by atoms with Crippen molar-refractivity contribution in [3.05, 3.63) is 96.7 Å². The molecular weight excluding hydrogens is 376 g/mol. The van der Waals surface area contributed by atoms with Gasteiger partial charge in [-0.2, -0.15) is 0 Å². The molecule has 0 saturated heterocycles. The third kappa shape index (κ3) is 4.62. The number of nitrogens with zero attached hydrogens (tertiary/aromatic N) is 2. The summed E-state index contributed by atoms with van der Waals surface area (Å²) < 4.78 is 5.22. The Morgan fingerprint density at radius 3 is 2.23 bits per heavy atom. The zero-order valence-corrected chi connectivity index (χ0v) is 16.4. The minimum Gasteiger partial charge on any atom is -0.497 e. The van der Waals surface area contributed by atoms with Gasteiger partial charge in [0, 0.05) is 29.1 Å². The van der Waals surface area contributed by atoms with Crippen LogP contribution in [0.2, 0.25) is 0 Å². The van der Waals surface area contributed by atoms with Crippen LogP contribution in [0.15, 0.2) is 91.0 Å². The van der Waals surface area contributed by atoms with Crippen molar-refractivity contribution >= 4 is 23.1 Å². The highest BCUT2D eigenvalue weighted by molar-refractivity contribution is 6.03. The van der Waals surface area contributed by atoms with Crippen LogP contribution in [0.1, 0.15) is 10.5 Å². The molecule has 6 heteroatoms. The van der Waals surface area contributed by atoms with Crippen molar-refractivity contribution in [2.45, 2.75) is 0 Å². The fraction of sp³-hybridized carbons (Fsp3) is 0.0417. The van der Waals surface area contributed by atoms with Crippen LogP contribution in [-0.2, 0) is 0 Å². The van der Waals surface area contributed by atoms with Gasteiger partial charge in [0.1, 0.15) is 17.3 Å². The Morgan fingerprint density at radius 2 is 1.50 bits per heavy atom. The lowest BCUT2D eigenvalue weighted by Crippen LogP contribution is -2.15. The van der Waals surface area contributed by atoms with E-state index >= 15 is 0 Å². The Hall–Kier alpha value is -4.19. The Bertz CT molecular complexity index is 1150. The summed E-state index contributed by atoms with van der Waals surface area (Å²) in [4.78, 5) is 22.0. The predicted molar refractivity (Wildman–Crippen MR) is 118 cm³/mol. The van der Waals surface area contributed by atoms with Gasteiger partial charge in [0.2, 0.25) is 0 Å². The first-order valence-electron chi connectivity index (χ1n) is 9.43. The summed E-state index contributed by atoms with van der Waals surface area (Å²) >= 11 is 0. The first-order chi connectivity index (χ1) is 14.7. The number of amides is 1. The molecule has 1 amide bonds. The van der Waals surface area contributed by atoms with Gasteiger partial charge in [-0.3, -0.25) is 4.79 Å².